The van der Waals surface area contributed by atoms with Crippen molar-refractivity contribution in [3.05, 3.63) is 35.9 Å². The number of piperidine rings is 1. The van der Waals surface area contributed by atoms with Gasteiger partial charge in [-0.15, -0.1) is 0 Å². The molecule has 0 saturated carbocycles. The van der Waals surface area contributed by atoms with Crippen molar-refractivity contribution in [3.8, 4) is 0 Å². The highest BCUT2D eigenvalue weighted by atomic mass is 32.2. The van der Waals surface area contributed by atoms with Crippen LogP contribution in [0.5, 0.6) is 0 Å². The van der Waals surface area contributed by atoms with Crippen LogP contribution in [-0.2, 0) is 11.2 Å². The lowest BCUT2D eigenvalue weighted by Gasteiger charge is -2.35. The van der Waals surface area contributed by atoms with E-state index in [4.69, 9.17) is 0 Å². The van der Waals surface area contributed by atoms with Gasteiger partial charge in [-0.25, -0.2) is 0 Å². The Hall–Kier alpha value is -0.960. The summed E-state index contributed by atoms with van der Waals surface area (Å²) in [6.45, 7) is 1.94. The predicted molar refractivity (Wildman–Crippen MR) is 89.5 cm³/mol. The van der Waals surface area contributed by atoms with Crippen molar-refractivity contribution in [2.45, 2.75) is 32.1 Å². The van der Waals surface area contributed by atoms with Crippen LogP contribution < -0.4 is 0 Å². The number of hydrogen-bond acceptors (Lipinski definition) is 2. The predicted octanol–water partition coefficient (Wildman–Crippen LogP) is 3.61. The zero-order valence-corrected chi connectivity index (χ0v) is 13.5. The molecule has 2 aliphatic rings. The molecule has 0 aliphatic carbocycles. The number of likely N-dealkylation sites (tertiary alicyclic amines) is 1. The molecule has 1 atom stereocenters. The first-order chi connectivity index (χ1) is 10.3. The highest BCUT2D eigenvalue weighted by Crippen LogP contribution is 2.27. The Kier molecular flexibility index (Phi) is 5.23. The normalized spacial score (nSPS) is 24.0. The largest absolute Gasteiger partial charge is 0.342 e. The van der Waals surface area contributed by atoms with Crippen molar-refractivity contribution in [3.63, 3.8) is 0 Å². The van der Waals surface area contributed by atoms with E-state index in [1.807, 2.05) is 11.8 Å². The van der Waals surface area contributed by atoms with Crippen molar-refractivity contribution in [2.24, 2.45) is 11.8 Å². The molecule has 1 aromatic carbocycles. The Balaban J connectivity index is 1.47. The highest BCUT2D eigenvalue weighted by Gasteiger charge is 2.29. The molecule has 0 aromatic heterocycles. The average molecular weight is 303 g/mol. The minimum atomic E-state index is 0.300. The summed E-state index contributed by atoms with van der Waals surface area (Å²) >= 11 is 1.95. The summed E-state index contributed by atoms with van der Waals surface area (Å²) < 4.78 is 0. The van der Waals surface area contributed by atoms with E-state index >= 15 is 0 Å². The fourth-order valence-corrected chi connectivity index (χ4v) is 4.63. The van der Waals surface area contributed by atoms with Crippen LogP contribution in [0.4, 0.5) is 0 Å². The second-order valence-electron chi connectivity index (χ2n) is 6.37. The Labute approximate surface area is 132 Å². The molecule has 2 heterocycles. The molecule has 21 heavy (non-hydrogen) atoms. The summed E-state index contributed by atoms with van der Waals surface area (Å²) in [6, 6.07) is 10.8. The van der Waals surface area contributed by atoms with Gasteiger partial charge in [-0.1, -0.05) is 30.3 Å². The van der Waals surface area contributed by atoms with Gasteiger partial charge in [-0.3, -0.25) is 4.79 Å². The molecule has 2 nitrogen and oxygen atoms in total. The monoisotopic (exact) mass is 303 g/mol. The molecule has 2 aliphatic heterocycles. The van der Waals surface area contributed by atoms with Crippen molar-refractivity contribution in [1.82, 2.24) is 4.90 Å². The van der Waals surface area contributed by atoms with Gasteiger partial charge < -0.3 is 4.90 Å². The van der Waals surface area contributed by atoms with Gasteiger partial charge in [0.15, 0.2) is 0 Å². The Morgan fingerprint density at radius 3 is 2.57 bits per heavy atom. The number of hydrogen-bond donors (Lipinski definition) is 0. The van der Waals surface area contributed by atoms with Gasteiger partial charge in [0, 0.05) is 24.8 Å². The van der Waals surface area contributed by atoms with Gasteiger partial charge in [0.1, 0.15) is 0 Å². The quantitative estimate of drug-likeness (QED) is 0.850. The van der Waals surface area contributed by atoms with Crippen molar-refractivity contribution in [2.75, 3.05) is 24.6 Å². The fraction of sp³-hybridized carbons (Fsp3) is 0.611. The van der Waals surface area contributed by atoms with Gasteiger partial charge in [0.2, 0.25) is 5.91 Å². The van der Waals surface area contributed by atoms with Crippen molar-refractivity contribution in [1.29, 1.82) is 0 Å². The number of carbonyl (C=O) groups excluding carboxylic acids is 1. The lowest BCUT2D eigenvalue weighted by Crippen LogP contribution is -2.43. The number of benzene rings is 1. The second-order valence-corrected chi connectivity index (χ2v) is 7.52. The smallest absolute Gasteiger partial charge is 0.226 e. The first-order valence-corrected chi connectivity index (χ1v) is 9.39. The van der Waals surface area contributed by atoms with E-state index in [1.54, 1.807) is 0 Å². The van der Waals surface area contributed by atoms with Crippen LogP contribution in [0, 0.1) is 11.8 Å². The van der Waals surface area contributed by atoms with Crippen LogP contribution in [0.25, 0.3) is 0 Å². The number of thioether (sulfide) groups is 1. The minimum Gasteiger partial charge on any atom is -0.342 e. The number of amides is 1. The third-order valence-corrected chi connectivity index (χ3v) is 6.02. The molecule has 1 amide bonds. The standard InChI is InChI=1S/C18H25NOS/c20-18(17-7-4-12-21-14-17)19-10-8-16(9-11-19)13-15-5-2-1-3-6-15/h1-3,5-6,16-17H,4,7-14H2. The van der Waals surface area contributed by atoms with E-state index in [2.05, 4.69) is 35.2 Å². The van der Waals surface area contributed by atoms with Gasteiger partial charge >= 0.3 is 0 Å². The van der Waals surface area contributed by atoms with E-state index < -0.39 is 0 Å². The van der Waals surface area contributed by atoms with E-state index in [9.17, 15) is 4.79 Å². The van der Waals surface area contributed by atoms with E-state index in [0.29, 0.717) is 11.8 Å². The molecule has 1 unspecified atom stereocenters. The Bertz CT molecular complexity index is 448. The zero-order chi connectivity index (χ0) is 14.5. The molecule has 114 valence electrons. The van der Waals surface area contributed by atoms with Gasteiger partial charge in [-0.2, -0.15) is 11.8 Å². The zero-order valence-electron chi connectivity index (χ0n) is 12.7. The maximum atomic E-state index is 12.5. The summed E-state index contributed by atoms with van der Waals surface area (Å²) in [5.41, 5.74) is 1.44. The maximum absolute atomic E-state index is 12.5. The van der Waals surface area contributed by atoms with Crippen LogP contribution in [-0.4, -0.2) is 35.4 Å². The summed E-state index contributed by atoms with van der Waals surface area (Å²) in [7, 11) is 0. The molecule has 2 saturated heterocycles. The van der Waals surface area contributed by atoms with E-state index in [-0.39, 0.29) is 0 Å². The van der Waals surface area contributed by atoms with Crippen LogP contribution in [0.3, 0.4) is 0 Å². The van der Waals surface area contributed by atoms with E-state index in [1.165, 1.54) is 37.0 Å². The second kappa shape index (κ2) is 7.35. The number of rotatable bonds is 3. The maximum Gasteiger partial charge on any atom is 0.226 e. The molecule has 1 aromatic rings. The fourth-order valence-electron chi connectivity index (χ4n) is 3.50. The third-order valence-electron chi connectivity index (χ3n) is 4.80. The first-order valence-electron chi connectivity index (χ1n) is 8.23. The van der Waals surface area contributed by atoms with Crippen molar-refractivity contribution < 1.29 is 4.79 Å². The van der Waals surface area contributed by atoms with Gasteiger partial charge in [-0.05, 0) is 49.3 Å². The molecule has 0 N–H and O–H groups in total. The molecule has 3 heteroatoms. The summed E-state index contributed by atoms with van der Waals surface area (Å²) in [4.78, 5) is 14.7. The molecule has 0 bridgehead atoms. The lowest BCUT2D eigenvalue weighted by molar-refractivity contribution is -0.136. The molecule has 0 spiro atoms. The first kappa shape index (κ1) is 15.0. The van der Waals surface area contributed by atoms with E-state index in [0.717, 1.165) is 31.2 Å². The summed E-state index contributed by atoms with van der Waals surface area (Å²) in [6.07, 6.45) is 5.82. The topological polar surface area (TPSA) is 20.3 Å². The minimum absolute atomic E-state index is 0.300. The SMILES string of the molecule is O=C(C1CCCSC1)N1CCC(Cc2ccccc2)CC1. The number of carbonyl (C=O) groups is 1. The summed E-state index contributed by atoms with van der Waals surface area (Å²) in [5.74, 6) is 3.76. The van der Waals surface area contributed by atoms with Gasteiger partial charge in [0.05, 0.1) is 0 Å². The Morgan fingerprint density at radius 2 is 1.90 bits per heavy atom. The average Bonchev–Trinajstić information content (AvgIpc) is 2.57. The van der Waals surface area contributed by atoms with Crippen LogP contribution >= 0.6 is 11.8 Å². The van der Waals surface area contributed by atoms with Crippen molar-refractivity contribution >= 4 is 17.7 Å². The Morgan fingerprint density at radius 1 is 1.14 bits per heavy atom. The number of nitrogens with zero attached hydrogens (tertiary/aromatic N) is 1. The van der Waals surface area contributed by atoms with Gasteiger partial charge in [0.25, 0.3) is 0 Å². The third kappa shape index (κ3) is 4.03. The highest BCUT2D eigenvalue weighted by molar-refractivity contribution is 7.99. The van der Waals surface area contributed by atoms with Crippen LogP contribution in [0.1, 0.15) is 31.2 Å². The van der Waals surface area contributed by atoms with Crippen LogP contribution in [0.15, 0.2) is 30.3 Å². The molecule has 2 fully saturated rings. The molecule has 3 rings (SSSR count). The summed E-state index contributed by atoms with van der Waals surface area (Å²) in [5, 5.41) is 0. The molecular formula is C18H25NOS. The lowest BCUT2D eigenvalue weighted by atomic mass is 9.89. The van der Waals surface area contributed by atoms with Crippen LogP contribution in [0.2, 0.25) is 0 Å². The molecular weight excluding hydrogens is 278 g/mol. The molecule has 0 radical (unpaired) electrons.